The van der Waals surface area contributed by atoms with Crippen LogP contribution in [0.25, 0.3) is 0 Å². The van der Waals surface area contributed by atoms with Crippen molar-refractivity contribution in [3.63, 3.8) is 0 Å². The normalized spacial score (nSPS) is 21.1. The predicted octanol–water partition coefficient (Wildman–Crippen LogP) is 3.62. The minimum atomic E-state index is 0.800. The largest absolute Gasteiger partial charge is 0.262 e. The third-order valence-electron chi connectivity index (χ3n) is 2.25. The molecule has 0 bridgehead atoms. The minimum absolute atomic E-state index is 0.800. The van der Waals surface area contributed by atoms with E-state index in [0.717, 1.165) is 22.6 Å². The molecule has 0 spiro atoms. The van der Waals surface area contributed by atoms with Crippen LogP contribution < -0.4 is 0 Å². The van der Waals surface area contributed by atoms with Gasteiger partial charge in [0.1, 0.15) is 0 Å². The number of aliphatic imine (C=N–C) groups is 2. The van der Waals surface area contributed by atoms with Crippen molar-refractivity contribution in [1.82, 2.24) is 0 Å². The second-order valence-corrected chi connectivity index (χ2v) is 3.20. The maximum absolute atomic E-state index is 4.26. The second kappa shape index (κ2) is 5.81. The van der Waals surface area contributed by atoms with Crippen molar-refractivity contribution in [1.29, 1.82) is 0 Å². The van der Waals surface area contributed by atoms with Gasteiger partial charge >= 0.3 is 0 Å². The molecule has 0 aromatic heterocycles. The van der Waals surface area contributed by atoms with Crippen molar-refractivity contribution in [3.05, 3.63) is 60.0 Å². The number of rotatable bonds is 3. The van der Waals surface area contributed by atoms with Gasteiger partial charge in [-0.1, -0.05) is 37.0 Å². The van der Waals surface area contributed by atoms with Gasteiger partial charge in [0.05, 0.1) is 11.4 Å². The molecule has 82 valence electrons. The van der Waals surface area contributed by atoms with Crippen molar-refractivity contribution in [3.8, 4) is 0 Å². The fourth-order valence-electron chi connectivity index (χ4n) is 1.55. The van der Waals surface area contributed by atoms with Crippen LogP contribution in [-0.4, -0.2) is 12.4 Å². The van der Waals surface area contributed by atoms with Crippen LogP contribution in [0.2, 0.25) is 0 Å². The van der Waals surface area contributed by atoms with E-state index < -0.39 is 0 Å². The summed E-state index contributed by atoms with van der Waals surface area (Å²) in [4.78, 5) is 8.31. The van der Waals surface area contributed by atoms with E-state index in [1.807, 2.05) is 44.2 Å². The molecule has 1 rings (SSSR count). The van der Waals surface area contributed by atoms with Crippen LogP contribution in [0.3, 0.4) is 0 Å². The van der Waals surface area contributed by atoms with Gasteiger partial charge in [-0.25, -0.2) is 0 Å². The molecule has 0 N–H and O–H groups in total. The number of hydrogen-bond donors (Lipinski definition) is 0. The first kappa shape index (κ1) is 12.1. The van der Waals surface area contributed by atoms with Gasteiger partial charge in [-0.05, 0) is 26.1 Å². The average molecular weight is 212 g/mol. The summed E-state index contributed by atoms with van der Waals surface area (Å²) in [6.45, 7) is 11.2. The Bertz CT molecular complexity index is 443. The molecule has 0 aliphatic heterocycles. The molecule has 0 heterocycles. The molecule has 1 aliphatic rings. The minimum Gasteiger partial charge on any atom is -0.262 e. The summed E-state index contributed by atoms with van der Waals surface area (Å²) in [6.07, 6.45) is 11.5. The summed E-state index contributed by atoms with van der Waals surface area (Å²) in [7, 11) is 0. The van der Waals surface area contributed by atoms with Gasteiger partial charge in [0.15, 0.2) is 0 Å². The van der Waals surface area contributed by atoms with Crippen molar-refractivity contribution < 1.29 is 0 Å². The van der Waals surface area contributed by atoms with Gasteiger partial charge in [-0.15, -0.1) is 0 Å². The Labute approximate surface area is 96.8 Å². The third-order valence-corrected chi connectivity index (χ3v) is 2.25. The van der Waals surface area contributed by atoms with E-state index in [2.05, 4.69) is 23.3 Å². The number of hydrogen-bond acceptors (Lipinski definition) is 2. The molecule has 0 fully saturated rings. The smallest absolute Gasteiger partial charge is 0.0960 e. The molecule has 2 heteroatoms. The van der Waals surface area contributed by atoms with Gasteiger partial charge in [-0.3, -0.25) is 9.98 Å². The Morgan fingerprint density at radius 2 is 2.00 bits per heavy atom. The average Bonchev–Trinajstić information content (AvgIpc) is 2.30. The molecule has 0 aromatic rings. The monoisotopic (exact) mass is 212 g/mol. The van der Waals surface area contributed by atoms with Crippen molar-refractivity contribution in [2.24, 2.45) is 9.98 Å². The summed E-state index contributed by atoms with van der Waals surface area (Å²) in [5, 5.41) is 0. The lowest BCUT2D eigenvalue weighted by Crippen LogP contribution is -2.09. The summed E-state index contributed by atoms with van der Waals surface area (Å²) in [6, 6.07) is 0. The van der Waals surface area contributed by atoms with Crippen LogP contribution in [0.15, 0.2) is 70.0 Å². The van der Waals surface area contributed by atoms with Crippen molar-refractivity contribution in [2.45, 2.75) is 13.8 Å². The Kier molecular flexibility index (Phi) is 4.40. The zero-order chi connectivity index (χ0) is 12.0. The second-order valence-electron chi connectivity index (χ2n) is 3.20. The zero-order valence-corrected chi connectivity index (χ0v) is 9.77. The first-order valence-corrected chi connectivity index (χ1v) is 5.16. The van der Waals surface area contributed by atoms with E-state index in [0.29, 0.717) is 0 Å². The SMILES string of the molecule is C=CN=C1C(N=C)=C(/C=C\C)C=C/C1=C/C. The van der Waals surface area contributed by atoms with E-state index >= 15 is 0 Å². The van der Waals surface area contributed by atoms with Gasteiger partial charge < -0.3 is 0 Å². The lowest BCUT2D eigenvalue weighted by atomic mass is 9.96. The van der Waals surface area contributed by atoms with Gasteiger partial charge in [0.25, 0.3) is 0 Å². The van der Waals surface area contributed by atoms with Gasteiger partial charge in [-0.2, -0.15) is 0 Å². The quantitative estimate of drug-likeness (QED) is 0.638. The molecule has 0 aromatic carbocycles. The zero-order valence-electron chi connectivity index (χ0n) is 9.77. The molecule has 0 unspecified atom stereocenters. The van der Waals surface area contributed by atoms with Crippen LogP contribution in [0.5, 0.6) is 0 Å². The first-order chi connectivity index (χ1) is 7.78. The Morgan fingerprint density at radius 1 is 1.25 bits per heavy atom. The molecule has 1 aliphatic carbocycles. The number of allylic oxidation sites excluding steroid dienone is 7. The summed E-state index contributed by atoms with van der Waals surface area (Å²) >= 11 is 0. The van der Waals surface area contributed by atoms with E-state index in [1.54, 1.807) is 0 Å². The summed E-state index contributed by atoms with van der Waals surface area (Å²) in [5.74, 6) is 0. The topological polar surface area (TPSA) is 24.7 Å². The molecule has 0 saturated carbocycles. The van der Waals surface area contributed by atoms with Gasteiger partial charge in [0.2, 0.25) is 0 Å². The lowest BCUT2D eigenvalue weighted by Gasteiger charge is -2.14. The van der Waals surface area contributed by atoms with Crippen LogP contribution in [0.1, 0.15) is 13.8 Å². The Morgan fingerprint density at radius 3 is 2.50 bits per heavy atom. The summed E-state index contributed by atoms with van der Waals surface area (Å²) in [5.41, 5.74) is 3.68. The molecular formula is C14H16N2. The molecular weight excluding hydrogens is 196 g/mol. The fraction of sp³-hybridized carbons (Fsp3) is 0.143. The molecule has 0 radical (unpaired) electrons. The van der Waals surface area contributed by atoms with Crippen LogP contribution in [0.4, 0.5) is 0 Å². The highest BCUT2D eigenvalue weighted by Crippen LogP contribution is 2.23. The molecule has 0 amide bonds. The molecule has 16 heavy (non-hydrogen) atoms. The maximum Gasteiger partial charge on any atom is 0.0960 e. The summed E-state index contributed by atoms with van der Waals surface area (Å²) < 4.78 is 0. The highest BCUT2D eigenvalue weighted by molar-refractivity contribution is 6.16. The van der Waals surface area contributed by atoms with Crippen LogP contribution >= 0.6 is 0 Å². The van der Waals surface area contributed by atoms with E-state index in [-0.39, 0.29) is 0 Å². The van der Waals surface area contributed by atoms with Gasteiger partial charge in [0, 0.05) is 11.8 Å². The Balaban J connectivity index is 3.40. The maximum atomic E-state index is 4.26. The van der Waals surface area contributed by atoms with Crippen molar-refractivity contribution in [2.75, 3.05) is 0 Å². The van der Waals surface area contributed by atoms with E-state index in [9.17, 15) is 0 Å². The Hall–Kier alpha value is -1.96. The van der Waals surface area contributed by atoms with E-state index in [1.165, 1.54) is 6.20 Å². The van der Waals surface area contributed by atoms with Crippen LogP contribution in [0, 0.1) is 0 Å². The molecule has 2 nitrogen and oxygen atoms in total. The molecule has 0 saturated heterocycles. The highest BCUT2D eigenvalue weighted by Gasteiger charge is 2.15. The molecule has 0 atom stereocenters. The highest BCUT2D eigenvalue weighted by atomic mass is 14.8. The van der Waals surface area contributed by atoms with E-state index in [4.69, 9.17) is 0 Å². The third kappa shape index (κ3) is 2.34. The predicted molar refractivity (Wildman–Crippen MR) is 71.9 cm³/mol. The lowest BCUT2D eigenvalue weighted by molar-refractivity contribution is 1.36. The van der Waals surface area contributed by atoms with Crippen molar-refractivity contribution >= 4 is 12.4 Å². The fourth-order valence-corrected chi connectivity index (χ4v) is 1.55. The van der Waals surface area contributed by atoms with Crippen LogP contribution in [-0.2, 0) is 0 Å². The standard InChI is InChI=1S/C14H16N2/c1-5-8-12-10-9-11(6-2)14(16-7-3)13(12)15-4/h5-10H,3-4H2,1-2H3/b8-5-,11-6-,16-14?. The first-order valence-electron chi connectivity index (χ1n) is 5.16. The number of nitrogens with zero attached hydrogens (tertiary/aromatic N) is 2.